The highest BCUT2D eigenvalue weighted by Gasteiger charge is 2.38. The average Bonchev–Trinajstić information content (AvgIpc) is 2.38. The summed E-state index contributed by atoms with van der Waals surface area (Å²) in [5, 5.41) is 3.29. The molecule has 1 heterocycles. The SMILES string of the molecule is CCCN(CC(=O)N(C)C)C(=O)C1(C)CCCNC1. The summed E-state index contributed by atoms with van der Waals surface area (Å²) in [6, 6.07) is 0. The van der Waals surface area contributed by atoms with Crippen LogP contribution in [0.3, 0.4) is 0 Å². The lowest BCUT2D eigenvalue weighted by Gasteiger charge is -2.37. The maximum Gasteiger partial charge on any atom is 0.241 e. The van der Waals surface area contributed by atoms with Crippen molar-refractivity contribution in [1.82, 2.24) is 15.1 Å². The third-order valence-electron chi connectivity index (χ3n) is 3.72. The second-order valence-corrected chi connectivity index (χ2v) is 5.86. The van der Waals surface area contributed by atoms with Gasteiger partial charge in [0.25, 0.3) is 0 Å². The van der Waals surface area contributed by atoms with Gasteiger partial charge in [0.05, 0.1) is 12.0 Å². The predicted molar refractivity (Wildman–Crippen MR) is 75.8 cm³/mol. The Hall–Kier alpha value is -1.10. The topological polar surface area (TPSA) is 52.7 Å². The first kappa shape index (κ1) is 16.0. The zero-order valence-corrected chi connectivity index (χ0v) is 12.7. The highest BCUT2D eigenvalue weighted by Crippen LogP contribution is 2.28. The van der Waals surface area contributed by atoms with E-state index in [9.17, 15) is 9.59 Å². The molecule has 1 N–H and O–H groups in total. The molecule has 0 aromatic heterocycles. The van der Waals surface area contributed by atoms with Gasteiger partial charge in [-0.05, 0) is 32.7 Å². The Morgan fingerprint density at radius 2 is 2.00 bits per heavy atom. The second kappa shape index (κ2) is 6.89. The molecule has 110 valence electrons. The number of nitrogens with one attached hydrogen (secondary N) is 1. The van der Waals surface area contributed by atoms with Gasteiger partial charge < -0.3 is 15.1 Å². The van der Waals surface area contributed by atoms with Crippen LogP contribution in [0, 0.1) is 5.41 Å². The first-order valence-electron chi connectivity index (χ1n) is 7.11. The molecule has 19 heavy (non-hydrogen) atoms. The molecule has 5 heteroatoms. The van der Waals surface area contributed by atoms with E-state index in [4.69, 9.17) is 0 Å². The maximum absolute atomic E-state index is 12.7. The number of rotatable bonds is 5. The monoisotopic (exact) mass is 269 g/mol. The normalized spacial score (nSPS) is 22.9. The van der Waals surface area contributed by atoms with Crippen molar-refractivity contribution in [3.63, 3.8) is 0 Å². The second-order valence-electron chi connectivity index (χ2n) is 5.86. The van der Waals surface area contributed by atoms with Gasteiger partial charge in [-0.2, -0.15) is 0 Å². The number of carbonyl (C=O) groups is 2. The third kappa shape index (κ3) is 4.20. The van der Waals surface area contributed by atoms with Crippen LogP contribution in [-0.2, 0) is 9.59 Å². The highest BCUT2D eigenvalue weighted by molar-refractivity contribution is 5.87. The van der Waals surface area contributed by atoms with Gasteiger partial charge in [0.15, 0.2) is 0 Å². The Bertz CT molecular complexity index is 323. The summed E-state index contributed by atoms with van der Waals surface area (Å²) in [6.45, 7) is 6.56. The molecule has 5 nitrogen and oxygen atoms in total. The number of piperidine rings is 1. The molecule has 2 amide bonds. The molecule has 0 spiro atoms. The van der Waals surface area contributed by atoms with Crippen LogP contribution < -0.4 is 5.32 Å². The molecule has 1 rings (SSSR count). The van der Waals surface area contributed by atoms with E-state index in [1.165, 1.54) is 4.90 Å². The first-order chi connectivity index (χ1) is 8.90. The number of likely N-dealkylation sites (N-methyl/N-ethyl adjacent to an activating group) is 1. The minimum Gasteiger partial charge on any atom is -0.347 e. The molecule has 1 aliphatic heterocycles. The van der Waals surface area contributed by atoms with E-state index >= 15 is 0 Å². The predicted octanol–water partition coefficient (Wildman–Crippen LogP) is 0.703. The smallest absolute Gasteiger partial charge is 0.241 e. The molecule has 1 aliphatic rings. The Morgan fingerprint density at radius 1 is 1.32 bits per heavy atom. The summed E-state index contributed by atoms with van der Waals surface area (Å²) >= 11 is 0. The van der Waals surface area contributed by atoms with Crippen LogP contribution in [0.15, 0.2) is 0 Å². The average molecular weight is 269 g/mol. The van der Waals surface area contributed by atoms with Crippen LogP contribution in [0.2, 0.25) is 0 Å². The molecular weight excluding hydrogens is 242 g/mol. The van der Waals surface area contributed by atoms with Crippen molar-refractivity contribution in [2.45, 2.75) is 33.1 Å². The molecule has 0 saturated carbocycles. The van der Waals surface area contributed by atoms with Crippen LogP contribution in [0.5, 0.6) is 0 Å². The van der Waals surface area contributed by atoms with Crippen LogP contribution in [0.1, 0.15) is 33.1 Å². The van der Waals surface area contributed by atoms with Gasteiger partial charge in [-0.25, -0.2) is 0 Å². The lowest BCUT2D eigenvalue weighted by Crippen LogP contribution is -2.52. The fourth-order valence-corrected chi connectivity index (χ4v) is 2.45. The lowest BCUT2D eigenvalue weighted by atomic mass is 9.81. The van der Waals surface area contributed by atoms with Crippen molar-refractivity contribution < 1.29 is 9.59 Å². The molecule has 0 radical (unpaired) electrons. The van der Waals surface area contributed by atoms with Crippen molar-refractivity contribution in [2.75, 3.05) is 40.3 Å². The Labute approximate surface area is 116 Å². The molecule has 0 aliphatic carbocycles. The van der Waals surface area contributed by atoms with Crippen LogP contribution in [0.25, 0.3) is 0 Å². The minimum atomic E-state index is -0.361. The molecule has 1 atom stereocenters. The zero-order valence-electron chi connectivity index (χ0n) is 12.7. The van der Waals surface area contributed by atoms with Crippen molar-refractivity contribution in [1.29, 1.82) is 0 Å². The summed E-state index contributed by atoms with van der Waals surface area (Å²) in [7, 11) is 3.45. The highest BCUT2D eigenvalue weighted by atomic mass is 16.2. The summed E-state index contributed by atoms with van der Waals surface area (Å²) in [4.78, 5) is 27.8. The number of nitrogens with zero attached hydrogens (tertiary/aromatic N) is 2. The van der Waals surface area contributed by atoms with E-state index in [0.29, 0.717) is 13.1 Å². The minimum absolute atomic E-state index is 0.0193. The van der Waals surface area contributed by atoms with E-state index in [1.807, 2.05) is 13.8 Å². The molecule has 1 unspecified atom stereocenters. The van der Waals surface area contributed by atoms with Crippen molar-refractivity contribution in [2.24, 2.45) is 5.41 Å². The van der Waals surface area contributed by atoms with Crippen LogP contribution in [0.4, 0.5) is 0 Å². The van der Waals surface area contributed by atoms with Gasteiger partial charge in [-0.1, -0.05) is 6.92 Å². The van der Waals surface area contributed by atoms with E-state index in [-0.39, 0.29) is 23.8 Å². The van der Waals surface area contributed by atoms with Crippen molar-refractivity contribution >= 4 is 11.8 Å². The standard InChI is InChI=1S/C14H27N3O2/c1-5-9-17(10-12(18)16(3)4)13(19)14(2)7-6-8-15-11-14/h15H,5-11H2,1-4H3. The fourth-order valence-electron chi connectivity index (χ4n) is 2.45. The number of hydrogen-bond donors (Lipinski definition) is 1. The Morgan fingerprint density at radius 3 is 2.47 bits per heavy atom. The number of hydrogen-bond acceptors (Lipinski definition) is 3. The van der Waals surface area contributed by atoms with E-state index < -0.39 is 0 Å². The van der Waals surface area contributed by atoms with Gasteiger partial charge in [0.1, 0.15) is 0 Å². The first-order valence-corrected chi connectivity index (χ1v) is 7.11. The lowest BCUT2D eigenvalue weighted by molar-refractivity contribution is -0.146. The van der Waals surface area contributed by atoms with Gasteiger partial charge in [0, 0.05) is 27.2 Å². The van der Waals surface area contributed by atoms with E-state index in [0.717, 1.165) is 25.8 Å². The van der Waals surface area contributed by atoms with Crippen LogP contribution >= 0.6 is 0 Å². The summed E-state index contributed by atoms with van der Waals surface area (Å²) in [6.07, 6.45) is 2.79. The molecule has 1 fully saturated rings. The Kier molecular flexibility index (Phi) is 5.79. The maximum atomic E-state index is 12.7. The molecule has 0 bridgehead atoms. The summed E-state index contributed by atoms with van der Waals surface area (Å²) in [5.74, 6) is 0.0888. The third-order valence-corrected chi connectivity index (χ3v) is 3.72. The van der Waals surface area contributed by atoms with Gasteiger partial charge in [0.2, 0.25) is 11.8 Å². The molecular formula is C14H27N3O2. The quantitative estimate of drug-likeness (QED) is 0.799. The fraction of sp³-hybridized carbons (Fsp3) is 0.857. The summed E-state index contributed by atoms with van der Waals surface area (Å²) in [5.41, 5.74) is -0.361. The number of amides is 2. The van der Waals surface area contributed by atoms with Crippen molar-refractivity contribution in [3.05, 3.63) is 0 Å². The van der Waals surface area contributed by atoms with Crippen molar-refractivity contribution in [3.8, 4) is 0 Å². The van der Waals surface area contributed by atoms with Gasteiger partial charge in [-0.15, -0.1) is 0 Å². The van der Waals surface area contributed by atoms with Gasteiger partial charge >= 0.3 is 0 Å². The summed E-state index contributed by atoms with van der Waals surface area (Å²) < 4.78 is 0. The van der Waals surface area contributed by atoms with Gasteiger partial charge in [-0.3, -0.25) is 9.59 Å². The molecule has 1 saturated heterocycles. The van der Waals surface area contributed by atoms with Crippen LogP contribution in [-0.4, -0.2) is 61.9 Å². The molecule has 0 aromatic carbocycles. The molecule has 0 aromatic rings. The Balaban J connectivity index is 2.74. The van der Waals surface area contributed by atoms with E-state index in [2.05, 4.69) is 5.32 Å². The largest absolute Gasteiger partial charge is 0.347 e. The van der Waals surface area contributed by atoms with E-state index in [1.54, 1.807) is 19.0 Å². The number of carbonyl (C=O) groups excluding carboxylic acids is 2. The zero-order chi connectivity index (χ0) is 14.5.